The number of hydrogen-bond donors (Lipinski definition) is 1. The highest BCUT2D eigenvalue weighted by Gasteiger charge is 2.22. The predicted molar refractivity (Wildman–Crippen MR) is 69.2 cm³/mol. The zero-order chi connectivity index (χ0) is 12.3. The van der Waals surface area contributed by atoms with E-state index in [1.807, 2.05) is 0 Å². The Kier molecular flexibility index (Phi) is 4.19. The molecule has 0 radical (unpaired) electrons. The van der Waals surface area contributed by atoms with Crippen LogP contribution in [0, 0.1) is 19.8 Å². The van der Waals surface area contributed by atoms with Gasteiger partial charge in [0.2, 0.25) is 0 Å². The average Bonchev–Trinajstić information content (AvgIpc) is 2.35. The van der Waals surface area contributed by atoms with Crippen molar-refractivity contribution in [1.82, 2.24) is 0 Å². The monoisotopic (exact) mass is 234 g/mol. The molecule has 2 heteroatoms. The Bertz CT molecular complexity index is 367. The second kappa shape index (κ2) is 5.65. The van der Waals surface area contributed by atoms with Gasteiger partial charge in [0.15, 0.2) is 0 Å². The Balaban J connectivity index is 1.96. The minimum absolute atomic E-state index is 0.266. The molecule has 1 heterocycles. The van der Waals surface area contributed by atoms with E-state index in [2.05, 4.69) is 32.0 Å². The van der Waals surface area contributed by atoms with E-state index in [0.717, 1.165) is 25.9 Å². The number of benzene rings is 1. The van der Waals surface area contributed by atoms with Gasteiger partial charge < -0.3 is 9.84 Å². The van der Waals surface area contributed by atoms with E-state index in [0.29, 0.717) is 12.5 Å². The summed E-state index contributed by atoms with van der Waals surface area (Å²) in [6, 6.07) is 6.44. The first-order chi connectivity index (χ1) is 8.16. The number of hydrogen-bond acceptors (Lipinski definition) is 2. The second-order valence-corrected chi connectivity index (χ2v) is 5.17. The van der Waals surface area contributed by atoms with E-state index in [-0.39, 0.29) is 6.10 Å². The van der Waals surface area contributed by atoms with Crippen molar-refractivity contribution in [3.05, 3.63) is 34.9 Å². The molecule has 0 saturated carbocycles. The van der Waals surface area contributed by atoms with E-state index in [9.17, 15) is 5.11 Å². The van der Waals surface area contributed by atoms with Gasteiger partial charge in [-0.2, -0.15) is 0 Å². The first-order valence-corrected chi connectivity index (χ1v) is 6.49. The van der Waals surface area contributed by atoms with Gasteiger partial charge in [-0.1, -0.05) is 18.2 Å². The van der Waals surface area contributed by atoms with Gasteiger partial charge in [-0.25, -0.2) is 0 Å². The highest BCUT2D eigenvalue weighted by Crippen LogP contribution is 2.21. The van der Waals surface area contributed by atoms with Crippen LogP contribution in [0.3, 0.4) is 0 Å². The second-order valence-electron chi connectivity index (χ2n) is 5.17. The molecule has 2 atom stereocenters. The minimum Gasteiger partial charge on any atom is -0.392 e. The Hall–Kier alpha value is -0.860. The van der Waals surface area contributed by atoms with Crippen LogP contribution in [0.15, 0.2) is 18.2 Å². The molecule has 0 aliphatic carbocycles. The maximum absolute atomic E-state index is 10.2. The number of aliphatic hydroxyl groups excluding tert-OH is 1. The summed E-state index contributed by atoms with van der Waals surface area (Å²) < 4.78 is 5.42. The molecule has 0 spiro atoms. The lowest BCUT2D eigenvalue weighted by Gasteiger charge is -2.26. The van der Waals surface area contributed by atoms with Gasteiger partial charge >= 0.3 is 0 Å². The van der Waals surface area contributed by atoms with Crippen molar-refractivity contribution in [2.24, 2.45) is 5.92 Å². The molecule has 1 aromatic carbocycles. The summed E-state index contributed by atoms with van der Waals surface area (Å²) in [5.74, 6) is 0.311. The van der Waals surface area contributed by atoms with Crippen LogP contribution in [0.1, 0.15) is 29.5 Å². The molecule has 1 saturated heterocycles. The Morgan fingerprint density at radius 1 is 1.35 bits per heavy atom. The van der Waals surface area contributed by atoms with Crippen LogP contribution < -0.4 is 0 Å². The highest BCUT2D eigenvalue weighted by molar-refractivity contribution is 5.30. The van der Waals surface area contributed by atoms with Crippen LogP contribution in [0.4, 0.5) is 0 Å². The van der Waals surface area contributed by atoms with Crippen LogP contribution in [0.5, 0.6) is 0 Å². The van der Waals surface area contributed by atoms with E-state index in [4.69, 9.17) is 4.74 Å². The summed E-state index contributed by atoms with van der Waals surface area (Å²) in [5, 5.41) is 10.2. The van der Waals surface area contributed by atoms with Gasteiger partial charge in [0.1, 0.15) is 0 Å². The Morgan fingerprint density at radius 3 is 2.82 bits per heavy atom. The molecule has 94 valence electrons. The number of aliphatic hydroxyl groups is 1. The van der Waals surface area contributed by atoms with Crippen LogP contribution in [-0.2, 0) is 11.2 Å². The zero-order valence-electron chi connectivity index (χ0n) is 10.8. The maximum Gasteiger partial charge on any atom is 0.0630 e. The number of rotatable bonds is 3. The fourth-order valence-corrected chi connectivity index (χ4v) is 2.41. The lowest BCUT2D eigenvalue weighted by molar-refractivity contribution is -0.00847. The molecule has 0 aromatic heterocycles. The van der Waals surface area contributed by atoms with Crippen molar-refractivity contribution in [3.8, 4) is 0 Å². The summed E-state index contributed by atoms with van der Waals surface area (Å²) in [4.78, 5) is 0. The van der Waals surface area contributed by atoms with Crippen LogP contribution in [0.25, 0.3) is 0 Å². The van der Waals surface area contributed by atoms with Crippen molar-refractivity contribution in [2.45, 2.75) is 39.2 Å². The van der Waals surface area contributed by atoms with Gasteiger partial charge in [-0.15, -0.1) is 0 Å². The molecule has 1 fully saturated rings. The molecule has 1 aliphatic rings. The summed E-state index contributed by atoms with van der Waals surface area (Å²) in [6.07, 6.45) is 2.65. The zero-order valence-corrected chi connectivity index (χ0v) is 10.8. The molecule has 1 aliphatic heterocycles. The van der Waals surface area contributed by atoms with Gasteiger partial charge in [-0.3, -0.25) is 0 Å². The van der Waals surface area contributed by atoms with Crippen LogP contribution in [-0.4, -0.2) is 24.4 Å². The Labute approximate surface area is 104 Å². The lowest BCUT2D eigenvalue weighted by Crippen LogP contribution is -2.30. The van der Waals surface area contributed by atoms with Gasteiger partial charge in [0.25, 0.3) is 0 Å². The SMILES string of the molecule is Cc1ccc(CC(O)C2CCCOC2)cc1C. The first-order valence-electron chi connectivity index (χ1n) is 6.49. The summed E-state index contributed by atoms with van der Waals surface area (Å²) in [5.41, 5.74) is 3.84. The smallest absolute Gasteiger partial charge is 0.0630 e. The van der Waals surface area contributed by atoms with E-state index < -0.39 is 0 Å². The fraction of sp³-hybridized carbons (Fsp3) is 0.600. The van der Waals surface area contributed by atoms with Crippen molar-refractivity contribution in [2.75, 3.05) is 13.2 Å². The topological polar surface area (TPSA) is 29.5 Å². The first kappa shape index (κ1) is 12.6. The van der Waals surface area contributed by atoms with Gasteiger partial charge in [0.05, 0.1) is 12.7 Å². The van der Waals surface area contributed by atoms with Gasteiger partial charge in [0, 0.05) is 12.5 Å². The molecule has 2 nitrogen and oxygen atoms in total. The van der Waals surface area contributed by atoms with E-state index in [1.54, 1.807) is 0 Å². The standard InChI is InChI=1S/C15H22O2/c1-11-5-6-13(8-12(11)2)9-15(16)14-4-3-7-17-10-14/h5-6,8,14-16H,3-4,7,9-10H2,1-2H3. The fourth-order valence-electron chi connectivity index (χ4n) is 2.41. The molecule has 0 amide bonds. The maximum atomic E-state index is 10.2. The number of ether oxygens (including phenoxy) is 1. The van der Waals surface area contributed by atoms with Crippen LogP contribution in [0.2, 0.25) is 0 Å². The molecular formula is C15H22O2. The molecule has 1 aromatic rings. The lowest BCUT2D eigenvalue weighted by atomic mass is 9.91. The van der Waals surface area contributed by atoms with Crippen LogP contribution >= 0.6 is 0 Å². The third-order valence-electron chi connectivity index (χ3n) is 3.76. The molecular weight excluding hydrogens is 212 g/mol. The van der Waals surface area contributed by atoms with Crippen molar-refractivity contribution in [3.63, 3.8) is 0 Å². The molecule has 1 N–H and O–H groups in total. The number of aryl methyl sites for hydroxylation is 2. The highest BCUT2D eigenvalue weighted by atomic mass is 16.5. The molecule has 2 rings (SSSR count). The third kappa shape index (κ3) is 3.30. The molecule has 0 bridgehead atoms. The molecule has 2 unspecified atom stereocenters. The third-order valence-corrected chi connectivity index (χ3v) is 3.76. The minimum atomic E-state index is -0.266. The summed E-state index contributed by atoms with van der Waals surface area (Å²) in [7, 11) is 0. The van der Waals surface area contributed by atoms with Crippen molar-refractivity contribution < 1.29 is 9.84 Å². The summed E-state index contributed by atoms with van der Waals surface area (Å²) >= 11 is 0. The van der Waals surface area contributed by atoms with Crippen molar-refractivity contribution >= 4 is 0 Å². The quantitative estimate of drug-likeness (QED) is 0.871. The molecule has 17 heavy (non-hydrogen) atoms. The summed E-state index contributed by atoms with van der Waals surface area (Å²) in [6.45, 7) is 5.80. The van der Waals surface area contributed by atoms with E-state index >= 15 is 0 Å². The average molecular weight is 234 g/mol. The van der Waals surface area contributed by atoms with Crippen molar-refractivity contribution in [1.29, 1.82) is 0 Å². The predicted octanol–water partition coefficient (Wildman–Crippen LogP) is 2.63. The van der Waals surface area contributed by atoms with E-state index in [1.165, 1.54) is 16.7 Å². The van der Waals surface area contributed by atoms with Gasteiger partial charge in [-0.05, 0) is 49.8 Å². The normalized spacial score (nSPS) is 22.4. The largest absolute Gasteiger partial charge is 0.392 e. The Morgan fingerprint density at radius 2 is 2.18 bits per heavy atom.